The van der Waals surface area contributed by atoms with Crippen LogP contribution in [-0.4, -0.2) is 41.5 Å². The third-order valence-electron chi connectivity index (χ3n) is 2.88. The first-order valence-corrected chi connectivity index (χ1v) is 6.55. The van der Waals surface area contributed by atoms with Crippen LogP contribution >= 0.6 is 0 Å². The molecular formula is C13H15N7O. The van der Waals surface area contributed by atoms with Crippen molar-refractivity contribution < 1.29 is 5.11 Å². The van der Waals surface area contributed by atoms with Crippen LogP contribution in [0.4, 0.5) is 5.69 Å². The van der Waals surface area contributed by atoms with Crippen molar-refractivity contribution >= 4 is 5.69 Å². The van der Waals surface area contributed by atoms with Crippen LogP contribution in [-0.2, 0) is 13.1 Å². The third kappa shape index (κ3) is 3.23. The maximum absolute atomic E-state index is 8.82. The minimum atomic E-state index is 0.0506. The third-order valence-corrected chi connectivity index (χ3v) is 2.88. The Bertz CT molecular complexity index is 675. The number of anilines is 1. The maximum atomic E-state index is 8.82. The molecule has 0 spiro atoms. The Hall–Kier alpha value is -2.74. The fourth-order valence-corrected chi connectivity index (χ4v) is 1.85. The van der Waals surface area contributed by atoms with Crippen molar-refractivity contribution in [1.29, 1.82) is 0 Å². The second-order valence-electron chi connectivity index (χ2n) is 4.41. The molecule has 0 aromatic carbocycles. The van der Waals surface area contributed by atoms with Gasteiger partial charge in [-0.1, -0.05) is 5.21 Å². The van der Waals surface area contributed by atoms with Gasteiger partial charge in [-0.3, -0.25) is 0 Å². The molecule has 2 N–H and O–H groups in total. The summed E-state index contributed by atoms with van der Waals surface area (Å²) in [6.07, 6.45) is 7.10. The van der Waals surface area contributed by atoms with E-state index in [2.05, 4.69) is 25.7 Å². The molecule has 0 aliphatic carbocycles. The number of nitrogens with one attached hydrogen (secondary N) is 1. The van der Waals surface area contributed by atoms with Crippen LogP contribution in [0.2, 0.25) is 0 Å². The summed E-state index contributed by atoms with van der Waals surface area (Å²) in [5.74, 6) is 0.763. The van der Waals surface area contributed by atoms with Gasteiger partial charge in [0, 0.05) is 12.4 Å². The molecule has 8 heteroatoms. The van der Waals surface area contributed by atoms with E-state index in [0.29, 0.717) is 13.1 Å². The van der Waals surface area contributed by atoms with Gasteiger partial charge in [0.25, 0.3) is 0 Å². The molecule has 0 radical (unpaired) electrons. The summed E-state index contributed by atoms with van der Waals surface area (Å²) in [4.78, 5) is 4.33. The fourth-order valence-electron chi connectivity index (χ4n) is 1.85. The summed E-state index contributed by atoms with van der Waals surface area (Å²) < 4.78 is 3.31. The van der Waals surface area contributed by atoms with Gasteiger partial charge in [0.1, 0.15) is 5.69 Å². The number of hydrogen-bond donors (Lipinski definition) is 2. The van der Waals surface area contributed by atoms with Crippen molar-refractivity contribution in [3.05, 3.63) is 48.7 Å². The molecule has 3 rings (SSSR count). The van der Waals surface area contributed by atoms with Crippen molar-refractivity contribution in [2.45, 2.75) is 13.1 Å². The van der Waals surface area contributed by atoms with E-state index in [4.69, 9.17) is 5.11 Å². The van der Waals surface area contributed by atoms with Crippen LogP contribution in [0.25, 0.3) is 5.82 Å². The van der Waals surface area contributed by atoms with E-state index in [0.717, 1.165) is 17.2 Å². The number of aliphatic hydroxyl groups is 1. The van der Waals surface area contributed by atoms with E-state index in [1.807, 2.05) is 24.4 Å². The molecule has 0 bridgehead atoms. The molecule has 0 fully saturated rings. The number of pyridine rings is 1. The van der Waals surface area contributed by atoms with Gasteiger partial charge in [-0.05, 0) is 18.2 Å². The number of aromatic nitrogens is 6. The Morgan fingerprint density at radius 1 is 1.29 bits per heavy atom. The van der Waals surface area contributed by atoms with Crippen molar-refractivity contribution in [3.63, 3.8) is 0 Å². The fraction of sp³-hybridized carbons (Fsp3) is 0.231. The first-order valence-electron chi connectivity index (χ1n) is 6.55. The molecule has 0 saturated heterocycles. The van der Waals surface area contributed by atoms with Gasteiger partial charge in [0.2, 0.25) is 0 Å². The molecule has 3 aromatic rings. The van der Waals surface area contributed by atoms with Gasteiger partial charge >= 0.3 is 0 Å². The largest absolute Gasteiger partial charge is 0.394 e. The summed E-state index contributed by atoms with van der Waals surface area (Å²) in [5.41, 5.74) is 1.70. The number of hydrogen-bond acceptors (Lipinski definition) is 6. The predicted octanol–water partition coefficient (Wildman–Crippen LogP) is 0.463. The molecule has 0 aliphatic rings. The zero-order chi connectivity index (χ0) is 14.5. The van der Waals surface area contributed by atoms with Gasteiger partial charge in [-0.15, -0.1) is 5.10 Å². The van der Waals surface area contributed by atoms with E-state index in [9.17, 15) is 0 Å². The summed E-state index contributed by atoms with van der Waals surface area (Å²) in [6, 6.07) is 5.67. The highest BCUT2D eigenvalue weighted by Crippen LogP contribution is 2.10. The molecule has 0 saturated carbocycles. The monoisotopic (exact) mass is 285 g/mol. The van der Waals surface area contributed by atoms with Crippen LogP contribution in [0, 0.1) is 0 Å². The highest BCUT2D eigenvalue weighted by atomic mass is 16.3. The second-order valence-corrected chi connectivity index (χ2v) is 4.41. The minimum Gasteiger partial charge on any atom is -0.394 e. The number of rotatable bonds is 6. The number of nitrogens with zero attached hydrogens (tertiary/aromatic N) is 6. The summed E-state index contributed by atoms with van der Waals surface area (Å²) >= 11 is 0. The Labute approximate surface area is 121 Å². The molecule has 0 aliphatic heterocycles. The second kappa shape index (κ2) is 6.14. The van der Waals surface area contributed by atoms with Gasteiger partial charge in [-0.2, -0.15) is 5.10 Å². The van der Waals surface area contributed by atoms with E-state index >= 15 is 0 Å². The topological polar surface area (TPSA) is 93.7 Å². The molecule has 0 atom stereocenters. The lowest BCUT2D eigenvalue weighted by molar-refractivity contribution is 0.268. The molecule has 108 valence electrons. The minimum absolute atomic E-state index is 0.0506. The highest BCUT2D eigenvalue weighted by Gasteiger charge is 2.02. The summed E-state index contributed by atoms with van der Waals surface area (Å²) in [7, 11) is 0. The number of aliphatic hydroxyl groups excluding tert-OH is 1. The Kier molecular flexibility index (Phi) is 3.88. The van der Waals surface area contributed by atoms with E-state index < -0.39 is 0 Å². The Morgan fingerprint density at radius 3 is 2.95 bits per heavy atom. The molecule has 21 heavy (non-hydrogen) atoms. The summed E-state index contributed by atoms with van der Waals surface area (Å²) in [5, 5.41) is 24.1. The van der Waals surface area contributed by atoms with Crippen LogP contribution in [0.15, 0.2) is 43.0 Å². The van der Waals surface area contributed by atoms with Crippen LogP contribution in [0.3, 0.4) is 0 Å². The lowest BCUT2D eigenvalue weighted by atomic mass is 10.4. The van der Waals surface area contributed by atoms with Crippen molar-refractivity contribution in [1.82, 2.24) is 29.8 Å². The SMILES string of the molecule is OCCn1cc(CNc2ccc(-n3cccn3)nc2)nn1. The average molecular weight is 285 g/mol. The van der Waals surface area contributed by atoms with E-state index in [1.54, 1.807) is 28.0 Å². The quantitative estimate of drug-likeness (QED) is 0.683. The standard InChI is InChI=1S/C13H15N7O/c21-7-6-19-10-12(17-18-19)9-14-11-2-3-13(15-8-11)20-5-1-4-16-20/h1-5,8,10,14,21H,6-7,9H2. The van der Waals surface area contributed by atoms with Crippen molar-refractivity contribution in [2.75, 3.05) is 11.9 Å². The zero-order valence-electron chi connectivity index (χ0n) is 11.3. The van der Waals surface area contributed by atoms with Crippen LogP contribution < -0.4 is 5.32 Å². The van der Waals surface area contributed by atoms with Crippen molar-refractivity contribution in [2.24, 2.45) is 0 Å². The molecular weight excluding hydrogens is 270 g/mol. The van der Waals surface area contributed by atoms with E-state index in [-0.39, 0.29) is 6.61 Å². The van der Waals surface area contributed by atoms with Gasteiger partial charge < -0.3 is 10.4 Å². The van der Waals surface area contributed by atoms with Gasteiger partial charge in [0.15, 0.2) is 5.82 Å². The van der Waals surface area contributed by atoms with E-state index in [1.165, 1.54) is 0 Å². The molecule has 0 amide bonds. The highest BCUT2D eigenvalue weighted by molar-refractivity contribution is 5.43. The van der Waals surface area contributed by atoms with Crippen LogP contribution in [0.5, 0.6) is 0 Å². The lowest BCUT2D eigenvalue weighted by Gasteiger charge is -2.05. The smallest absolute Gasteiger partial charge is 0.153 e. The predicted molar refractivity (Wildman–Crippen MR) is 75.8 cm³/mol. The zero-order valence-corrected chi connectivity index (χ0v) is 11.3. The molecule has 8 nitrogen and oxygen atoms in total. The molecule has 3 aromatic heterocycles. The van der Waals surface area contributed by atoms with Gasteiger partial charge in [-0.25, -0.2) is 14.3 Å². The van der Waals surface area contributed by atoms with Crippen LogP contribution in [0.1, 0.15) is 5.69 Å². The Morgan fingerprint density at radius 2 is 2.24 bits per heavy atom. The maximum Gasteiger partial charge on any atom is 0.153 e. The van der Waals surface area contributed by atoms with Gasteiger partial charge in [0.05, 0.1) is 37.8 Å². The first-order chi connectivity index (χ1) is 10.3. The summed E-state index contributed by atoms with van der Waals surface area (Å²) in [6.45, 7) is 1.05. The lowest BCUT2D eigenvalue weighted by Crippen LogP contribution is -2.03. The molecule has 0 unspecified atom stereocenters. The first kappa shape index (κ1) is 13.3. The molecule has 3 heterocycles. The van der Waals surface area contributed by atoms with Crippen molar-refractivity contribution in [3.8, 4) is 5.82 Å². The Balaban J connectivity index is 1.60. The normalized spacial score (nSPS) is 10.7. The average Bonchev–Trinajstić information content (AvgIpc) is 3.18.